The maximum Gasteiger partial charge on any atom is 0.242 e. The first kappa shape index (κ1) is 10.5. The van der Waals surface area contributed by atoms with Gasteiger partial charge in [0.15, 0.2) is 4.73 Å². The molecule has 0 fully saturated rings. The number of nitrogen functional groups attached to an aromatic ring is 1. The molecule has 8 heteroatoms. The predicted molar refractivity (Wildman–Crippen MR) is 50.8 cm³/mol. The number of anilines is 1. The summed E-state index contributed by atoms with van der Waals surface area (Å²) in [6, 6.07) is 1.79. The van der Waals surface area contributed by atoms with E-state index in [-0.39, 0.29) is 24.9 Å². The molecule has 0 radical (unpaired) electrons. The zero-order valence-electron chi connectivity index (χ0n) is 7.07. The number of nitrogens with zero attached hydrogens (tertiary/aromatic N) is 4. The van der Waals surface area contributed by atoms with Crippen LogP contribution < -0.4 is 11.1 Å². The average Bonchev–Trinajstić information content (AvgIpc) is 2.42. The summed E-state index contributed by atoms with van der Waals surface area (Å²) in [6.45, 7) is -0.0485. The van der Waals surface area contributed by atoms with Crippen LogP contribution >= 0.6 is 15.9 Å². The van der Waals surface area contributed by atoms with Crippen molar-refractivity contribution in [3.63, 3.8) is 0 Å². The van der Waals surface area contributed by atoms with Crippen molar-refractivity contribution < 1.29 is 4.79 Å². The van der Waals surface area contributed by atoms with Crippen LogP contribution in [0.25, 0.3) is 0 Å². The minimum absolute atomic E-state index is 0.0214. The van der Waals surface area contributed by atoms with Crippen LogP contribution in [0.4, 0.5) is 5.95 Å². The summed E-state index contributed by atoms with van der Waals surface area (Å²) in [5, 5.41) is 14.3. The molecule has 1 rings (SSSR count). The second kappa shape index (κ2) is 4.57. The van der Waals surface area contributed by atoms with Crippen molar-refractivity contribution in [3.05, 3.63) is 4.73 Å². The van der Waals surface area contributed by atoms with E-state index >= 15 is 0 Å². The molecule has 0 aliphatic carbocycles. The average molecular weight is 259 g/mol. The highest BCUT2D eigenvalue weighted by Crippen LogP contribution is 2.06. The molecule has 3 N–H and O–H groups in total. The molecule has 0 unspecified atom stereocenters. The fourth-order valence-corrected chi connectivity index (χ4v) is 1.16. The number of halogens is 1. The van der Waals surface area contributed by atoms with Gasteiger partial charge in [-0.3, -0.25) is 4.79 Å². The van der Waals surface area contributed by atoms with Gasteiger partial charge in [-0.25, -0.2) is 4.68 Å². The number of carbonyl (C=O) groups is 1. The van der Waals surface area contributed by atoms with Crippen molar-refractivity contribution >= 4 is 27.8 Å². The molecule has 0 bridgehead atoms. The lowest BCUT2D eigenvalue weighted by molar-refractivity contribution is -0.121. The number of hydrogen-bond donors (Lipinski definition) is 2. The standard InChI is InChI=1S/C6H7BrN6O/c7-5-11-6(9)12-13(5)3-4(14)10-2-1-8/h2-3H2,(H2,9,12)(H,10,14). The molecular weight excluding hydrogens is 252 g/mol. The Kier molecular flexibility index (Phi) is 3.41. The van der Waals surface area contributed by atoms with Crippen molar-refractivity contribution in [2.45, 2.75) is 6.54 Å². The van der Waals surface area contributed by atoms with E-state index in [0.29, 0.717) is 4.73 Å². The van der Waals surface area contributed by atoms with Gasteiger partial charge in [0.25, 0.3) is 0 Å². The first-order valence-corrected chi connectivity index (χ1v) is 4.42. The van der Waals surface area contributed by atoms with Gasteiger partial charge < -0.3 is 11.1 Å². The maximum atomic E-state index is 11.1. The van der Waals surface area contributed by atoms with Crippen molar-refractivity contribution in [2.75, 3.05) is 12.3 Å². The molecule has 0 aromatic carbocycles. The van der Waals surface area contributed by atoms with E-state index in [1.54, 1.807) is 6.07 Å². The Bertz CT molecular complexity index is 380. The minimum Gasteiger partial charge on any atom is -0.366 e. The lowest BCUT2D eigenvalue weighted by Crippen LogP contribution is -2.28. The monoisotopic (exact) mass is 258 g/mol. The molecule has 0 atom stereocenters. The van der Waals surface area contributed by atoms with E-state index in [0.717, 1.165) is 0 Å². The Balaban J connectivity index is 2.56. The third kappa shape index (κ3) is 2.70. The SMILES string of the molecule is N#CCNC(=O)Cn1nc(N)nc1Br. The van der Waals surface area contributed by atoms with Crippen molar-refractivity contribution in [3.8, 4) is 6.07 Å². The summed E-state index contributed by atoms with van der Waals surface area (Å²) in [5.74, 6) is -0.234. The van der Waals surface area contributed by atoms with Crippen molar-refractivity contribution in [1.82, 2.24) is 20.1 Å². The van der Waals surface area contributed by atoms with Gasteiger partial charge in [0.1, 0.15) is 13.1 Å². The van der Waals surface area contributed by atoms with E-state index in [9.17, 15) is 4.79 Å². The largest absolute Gasteiger partial charge is 0.366 e. The fourth-order valence-electron chi connectivity index (χ4n) is 0.770. The zero-order valence-corrected chi connectivity index (χ0v) is 8.65. The number of nitrogens with one attached hydrogen (secondary N) is 1. The van der Waals surface area contributed by atoms with Crippen LogP contribution in [0.2, 0.25) is 0 Å². The Morgan fingerprint density at radius 2 is 2.50 bits per heavy atom. The number of hydrogen-bond acceptors (Lipinski definition) is 5. The van der Waals surface area contributed by atoms with Crippen LogP contribution in [0.3, 0.4) is 0 Å². The van der Waals surface area contributed by atoms with Crippen LogP contribution in [0.1, 0.15) is 0 Å². The first-order chi connectivity index (χ1) is 6.63. The number of amides is 1. The molecule has 0 aliphatic heterocycles. The summed E-state index contributed by atoms with van der Waals surface area (Å²) in [6.07, 6.45) is 0. The summed E-state index contributed by atoms with van der Waals surface area (Å²) in [7, 11) is 0. The van der Waals surface area contributed by atoms with Crippen LogP contribution in [-0.2, 0) is 11.3 Å². The lowest BCUT2D eigenvalue weighted by atomic mass is 10.5. The Morgan fingerprint density at radius 3 is 3.00 bits per heavy atom. The van der Waals surface area contributed by atoms with Crippen LogP contribution in [0.15, 0.2) is 4.73 Å². The van der Waals surface area contributed by atoms with E-state index in [1.165, 1.54) is 4.68 Å². The van der Waals surface area contributed by atoms with E-state index in [4.69, 9.17) is 11.0 Å². The van der Waals surface area contributed by atoms with Gasteiger partial charge in [-0.05, 0) is 15.9 Å². The summed E-state index contributed by atoms with van der Waals surface area (Å²) < 4.78 is 1.67. The van der Waals surface area contributed by atoms with E-state index in [1.807, 2.05) is 0 Å². The number of rotatable bonds is 3. The first-order valence-electron chi connectivity index (χ1n) is 3.63. The quantitative estimate of drug-likeness (QED) is 0.695. The van der Waals surface area contributed by atoms with Gasteiger partial charge in [-0.15, -0.1) is 5.10 Å². The fraction of sp³-hybridized carbons (Fsp3) is 0.333. The molecule has 74 valence electrons. The predicted octanol–water partition coefficient (Wildman–Crippen LogP) is -0.737. The molecule has 7 nitrogen and oxygen atoms in total. The van der Waals surface area contributed by atoms with Gasteiger partial charge >= 0.3 is 0 Å². The van der Waals surface area contributed by atoms with Gasteiger partial charge in [-0.1, -0.05) is 0 Å². The van der Waals surface area contributed by atoms with Gasteiger partial charge in [-0.2, -0.15) is 10.2 Å². The number of aromatic nitrogens is 3. The van der Waals surface area contributed by atoms with Gasteiger partial charge in [0, 0.05) is 0 Å². The second-order valence-electron chi connectivity index (χ2n) is 2.33. The lowest BCUT2D eigenvalue weighted by Gasteiger charge is -2.00. The highest BCUT2D eigenvalue weighted by molar-refractivity contribution is 9.10. The van der Waals surface area contributed by atoms with Crippen LogP contribution in [-0.4, -0.2) is 27.2 Å². The van der Waals surface area contributed by atoms with E-state index in [2.05, 4.69) is 31.3 Å². The molecule has 1 heterocycles. The molecule has 0 spiro atoms. The minimum atomic E-state index is -0.322. The molecule has 0 aliphatic rings. The summed E-state index contributed by atoms with van der Waals surface area (Å²) >= 11 is 3.08. The van der Waals surface area contributed by atoms with E-state index < -0.39 is 0 Å². The number of nitriles is 1. The maximum absolute atomic E-state index is 11.1. The Morgan fingerprint density at radius 1 is 1.79 bits per heavy atom. The molecule has 1 amide bonds. The molecule has 0 saturated heterocycles. The Hall–Kier alpha value is -1.62. The third-order valence-corrected chi connectivity index (χ3v) is 1.89. The molecule has 1 aromatic rings. The normalized spacial score (nSPS) is 9.43. The highest BCUT2D eigenvalue weighted by atomic mass is 79.9. The Labute approximate surface area is 88.0 Å². The second-order valence-corrected chi connectivity index (χ2v) is 3.04. The van der Waals surface area contributed by atoms with Gasteiger partial charge in [0.2, 0.25) is 11.9 Å². The molecule has 1 aromatic heterocycles. The zero-order chi connectivity index (χ0) is 10.6. The molecule has 14 heavy (non-hydrogen) atoms. The van der Waals surface area contributed by atoms with Gasteiger partial charge in [0.05, 0.1) is 6.07 Å². The topological polar surface area (TPSA) is 110 Å². The highest BCUT2D eigenvalue weighted by Gasteiger charge is 2.08. The summed E-state index contributed by atoms with van der Waals surface area (Å²) in [4.78, 5) is 14.9. The van der Waals surface area contributed by atoms with Crippen LogP contribution in [0, 0.1) is 11.3 Å². The smallest absolute Gasteiger partial charge is 0.242 e. The molecule has 0 saturated carbocycles. The van der Waals surface area contributed by atoms with Crippen LogP contribution in [0.5, 0.6) is 0 Å². The number of nitrogens with two attached hydrogens (primary N) is 1. The molecular formula is C6H7BrN6O. The number of carbonyl (C=O) groups excluding carboxylic acids is 1. The van der Waals surface area contributed by atoms with Crippen molar-refractivity contribution in [2.24, 2.45) is 0 Å². The van der Waals surface area contributed by atoms with Crippen molar-refractivity contribution in [1.29, 1.82) is 5.26 Å². The third-order valence-electron chi connectivity index (χ3n) is 1.30. The summed E-state index contributed by atoms with van der Waals surface area (Å²) in [5.41, 5.74) is 5.30.